The maximum Gasteiger partial charge on any atom is 0.336 e. The average Bonchev–Trinajstić information content (AvgIpc) is 2.95. The summed E-state index contributed by atoms with van der Waals surface area (Å²) in [5, 5.41) is 13.0. The van der Waals surface area contributed by atoms with Gasteiger partial charge in [-0.3, -0.25) is 14.9 Å². The summed E-state index contributed by atoms with van der Waals surface area (Å²) in [6.07, 6.45) is 0. The standard InChI is InChI=1S/C16H10N2O4/c1-18-9-5-3-2-4-7(9)11-10(18)6-8(16(21)22)12-13(11)15(20)17-14(12)19/h2-6H,1H3,(H,21,22)(H,17,19,20). The number of carboxylic acid groups (broad SMARTS) is 1. The van der Waals surface area contributed by atoms with Crippen molar-refractivity contribution in [2.24, 2.45) is 7.05 Å². The van der Waals surface area contributed by atoms with Crippen LogP contribution in [-0.2, 0) is 7.05 Å². The second kappa shape index (κ2) is 3.94. The van der Waals surface area contributed by atoms with E-state index in [0.717, 1.165) is 10.9 Å². The largest absolute Gasteiger partial charge is 0.478 e. The molecule has 0 radical (unpaired) electrons. The zero-order valence-corrected chi connectivity index (χ0v) is 11.5. The fourth-order valence-corrected chi connectivity index (χ4v) is 3.17. The number of benzene rings is 2. The van der Waals surface area contributed by atoms with Crippen molar-refractivity contribution >= 4 is 39.6 Å². The average molecular weight is 294 g/mol. The van der Waals surface area contributed by atoms with Gasteiger partial charge in [-0.1, -0.05) is 18.2 Å². The number of hydrogen-bond donors (Lipinski definition) is 2. The molecule has 0 aliphatic carbocycles. The Morgan fingerprint density at radius 1 is 1.09 bits per heavy atom. The van der Waals surface area contributed by atoms with Gasteiger partial charge in [-0.25, -0.2) is 4.79 Å². The number of aryl methyl sites for hydroxylation is 1. The number of imide groups is 1. The van der Waals surface area contributed by atoms with Crippen molar-refractivity contribution in [3.05, 3.63) is 47.0 Å². The highest BCUT2D eigenvalue weighted by molar-refractivity contribution is 6.32. The van der Waals surface area contributed by atoms with Crippen LogP contribution < -0.4 is 5.32 Å². The van der Waals surface area contributed by atoms with Crippen molar-refractivity contribution in [2.75, 3.05) is 0 Å². The Morgan fingerprint density at radius 3 is 2.50 bits per heavy atom. The lowest BCUT2D eigenvalue weighted by atomic mass is 9.97. The van der Waals surface area contributed by atoms with Gasteiger partial charge in [0.2, 0.25) is 0 Å². The van der Waals surface area contributed by atoms with E-state index in [4.69, 9.17) is 0 Å². The smallest absolute Gasteiger partial charge is 0.336 e. The molecule has 108 valence electrons. The molecule has 0 saturated heterocycles. The molecule has 1 aliphatic heterocycles. The summed E-state index contributed by atoms with van der Waals surface area (Å²) in [6, 6.07) is 8.90. The monoisotopic (exact) mass is 294 g/mol. The zero-order valence-electron chi connectivity index (χ0n) is 11.5. The number of carboxylic acids is 1. The molecule has 2 N–H and O–H groups in total. The van der Waals surface area contributed by atoms with Gasteiger partial charge in [0.1, 0.15) is 0 Å². The summed E-state index contributed by atoms with van der Waals surface area (Å²) in [5.74, 6) is -2.44. The first-order valence-electron chi connectivity index (χ1n) is 6.64. The van der Waals surface area contributed by atoms with E-state index < -0.39 is 17.8 Å². The highest BCUT2D eigenvalue weighted by Gasteiger charge is 2.35. The molecule has 1 aromatic heterocycles. The predicted molar refractivity (Wildman–Crippen MR) is 79.2 cm³/mol. The lowest BCUT2D eigenvalue weighted by Gasteiger charge is -2.04. The number of rotatable bonds is 1. The van der Waals surface area contributed by atoms with Gasteiger partial charge in [0, 0.05) is 23.3 Å². The van der Waals surface area contributed by atoms with Gasteiger partial charge in [-0.15, -0.1) is 0 Å². The molecular formula is C16H10N2O4. The first-order valence-corrected chi connectivity index (χ1v) is 6.64. The fourth-order valence-electron chi connectivity index (χ4n) is 3.17. The van der Waals surface area contributed by atoms with Crippen LogP contribution in [0.15, 0.2) is 30.3 Å². The van der Waals surface area contributed by atoms with Crippen LogP contribution in [0.4, 0.5) is 0 Å². The van der Waals surface area contributed by atoms with Crippen molar-refractivity contribution in [3.8, 4) is 0 Å². The molecule has 22 heavy (non-hydrogen) atoms. The van der Waals surface area contributed by atoms with E-state index in [2.05, 4.69) is 5.32 Å². The molecule has 0 spiro atoms. The second-order valence-electron chi connectivity index (χ2n) is 5.23. The maximum absolute atomic E-state index is 12.2. The maximum atomic E-state index is 12.2. The molecule has 0 bridgehead atoms. The lowest BCUT2D eigenvalue weighted by molar-refractivity contribution is 0.0691. The third-order valence-corrected chi connectivity index (χ3v) is 4.11. The molecule has 0 atom stereocenters. The Hall–Kier alpha value is -3.15. The van der Waals surface area contributed by atoms with Gasteiger partial charge in [-0.2, -0.15) is 0 Å². The van der Waals surface area contributed by atoms with Gasteiger partial charge >= 0.3 is 5.97 Å². The van der Waals surface area contributed by atoms with Gasteiger partial charge in [-0.05, 0) is 12.1 Å². The summed E-state index contributed by atoms with van der Waals surface area (Å²) in [6.45, 7) is 0. The number of carbonyl (C=O) groups is 3. The Kier molecular flexibility index (Phi) is 2.25. The van der Waals surface area contributed by atoms with Gasteiger partial charge in [0.25, 0.3) is 11.8 Å². The fraction of sp³-hybridized carbons (Fsp3) is 0.0625. The van der Waals surface area contributed by atoms with Crippen LogP contribution in [0, 0.1) is 0 Å². The zero-order chi connectivity index (χ0) is 15.6. The van der Waals surface area contributed by atoms with Crippen molar-refractivity contribution < 1.29 is 19.5 Å². The molecule has 6 nitrogen and oxygen atoms in total. The third kappa shape index (κ3) is 1.36. The third-order valence-electron chi connectivity index (χ3n) is 4.11. The summed E-state index contributed by atoms with van der Waals surface area (Å²) in [7, 11) is 1.80. The normalized spacial score (nSPS) is 13.7. The van der Waals surface area contributed by atoms with E-state index in [1.54, 1.807) is 7.05 Å². The first-order chi connectivity index (χ1) is 10.5. The Labute approximate surface area is 123 Å². The predicted octanol–water partition coefficient (Wildman–Crippen LogP) is 1.91. The molecule has 0 fully saturated rings. The minimum Gasteiger partial charge on any atom is -0.478 e. The Morgan fingerprint density at radius 2 is 1.77 bits per heavy atom. The van der Waals surface area contributed by atoms with Gasteiger partial charge < -0.3 is 9.67 Å². The number of nitrogens with one attached hydrogen (secondary N) is 1. The molecule has 4 rings (SSSR count). The number of aromatic carboxylic acids is 1. The number of carbonyl (C=O) groups excluding carboxylic acids is 2. The van der Waals surface area contributed by atoms with E-state index in [0.29, 0.717) is 10.9 Å². The van der Waals surface area contributed by atoms with Crippen LogP contribution in [0.5, 0.6) is 0 Å². The lowest BCUT2D eigenvalue weighted by Crippen LogP contribution is -2.20. The molecule has 0 unspecified atom stereocenters. The molecule has 3 aromatic rings. The number of hydrogen-bond acceptors (Lipinski definition) is 3. The summed E-state index contributed by atoms with van der Waals surface area (Å²) < 4.78 is 1.83. The van der Waals surface area contributed by atoms with E-state index in [1.165, 1.54) is 6.07 Å². The van der Waals surface area contributed by atoms with Crippen LogP contribution in [0.3, 0.4) is 0 Å². The van der Waals surface area contributed by atoms with Crippen molar-refractivity contribution in [1.29, 1.82) is 0 Å². The van der Waals surface area contributed by atoms with Crippen LogP contribution in [0.25, 0.3) is 21.8 Å². The van der Waals surface area contributed by atoms with Crippen LogP contribution in [0.1, 0.15) is 31.1 Å². The molecule has 2 aromatic carbocycles. The molecule has 0 saturated carbocycles. The number of aromatic nitrogens is 1. The first kappa shape index (κ1) is 12.6. The van der Waals surface area contributed by atoms with Crippen molar-refractivity contribution in [2.45, 2.75) is 0 Å². The summed E-state index contributed by atoms with van der Waals surface area (Å²) >= 11 is 0. The van der Waals surface area contributed by atoms with Crippen molar-refractivity contribution in [1.82, 2.24) is 9.88 Å². The van der Waals surface area contributed by atoms with E-state index in [1.807, 2.05) is 28.8 Å². The minimum atomic E-state index is -1.23. The van der Waals surface area contributed by atoms with Crippen LogP contribution >= 0.6 is 0 Å². The topological polar surface area (TPSA) is 88.4 Å². The number of para-hydroxylation sites is 1. The van der Waals surface area contributed by atoms with Gasteiger partial charge in [0.05, 0.1) is 22.2 Å². The van der Waals surface area contributed by atoms with Gasteiger partial charge in [0.15, 0.2) is 0 Å². The summed E-state index contributed by atoms with van der Waals surface area (Å²) in [5.41, 5.74) is 1.42. The van der Waals surface area contributed by atoms with Crippen molar-refractivity contribution in [3.63, 3.8) is 0 Å². The summed E-state index contributed by atoms with van der Waals surface area (Å²) in [4.78, 5) is 35.7. The molecule has 6 heteroatoms. The SMILES string of the molecule is Cn1c2ccccc2c2c3c(c(C(=O)O)cc21)C(=O)NC3=O. The second-order valence-corrected chi connectivity index (χ2v) is 5.23. The van der Waals surface area contributed by atoms with E-state index in [9.17, 15) is 19.5 Å². The quantitative estimate of drug-likeness (QED) is 0.671. The van der Waals surface area contributed by atoms with Crippen LogP contribution in [-0.4, -0.2) is 27.5 Å². The van der Waals surface area contributed by atoms with E-state index >= 15 is 0 Å². The number of amides is 2. The molecule has 2 amide bonds. The van der Waals surface area contributed by atoms with Crippen LogP contribution in [0.2, 0.25) is 0 Å². The molecule has 2 heterocycles. The number of nitrogens with zero attached hydrogens (tertiary/aromatic N) is 1. The Balaban J connectivity index is 2.34. The molecular weight excluding hydrogens is 284 g/mol. The minimum absolute atomic E-state index is 0.0543. The highest BCUT2D eigenvalue weighted by Crippen LogP contribution is 2.36. The highest BCUT2D eigenvalue weighted by atomic mass is 16.4. The van der Waals surface area contributed by atoms with E-state index in [-0.39, 0.29) is 16.7 Å². The Bertz CT molecular complexity index is 1030. The number of fused-ring (bicyclic) bond motifs is 5. The molecule has 1 aliphatic rings.